The van der Waals surface area contributed by atoms with Gasteiger partial charge in [0.15, 0.2) is 18.1 Å². The van der Waals surface area contributed by atoms with Crippen molar-refractivity contribution in [3.8, 4) is 28.5 Å². The van der Waals surface area contributed by atoms with Gasteiger partial charge in [-0.1, -0.05) is 24.3 Å². The molecule has 0 saturated carbocycles. The fraction of sp³-hybridized carbons (Fsp3) is 0.150. The van der Waals surface area contributed by atoms with Crippen LogP contribution in [0, 0.1) is 0 Å². The molecule has 1 N–H and O–H groups in total. The van der Waals surface area contributed by atoms with Crippen molar-refractivity contribution in [2.75, 3.05) is 26.1 Å². The molecule has 148 valence electrons. The lowest BCUT2D eigenvalue weighted by atomic mass is 10.2. The van der Waals surface area contributed by atoms with Crippen LogP contribution >= 0.6 is 11.3 Å². The van der Waals surface area contributed by atoms with Crippen LogP contribution in [0.1, 0.15) is 0 Å². The molecule has 0 atom stereocenters. The van der Waals surface area contributed by atoms with E-state index < -0.39 is 0 Å². The monoisotopic (exact) mass is 410 g/mol. The Labute approximate surface area is 170 Å². The highest BCUT2D eigenvalue weighted by Crippen LogP contribution is 2.28. The van der Waals surface area contributed by atoms with Crippen LogP contribution in [0.2, 0.25) is 0 Å². The minimum absolute atomic E-state index is 0.185. The average Bonchev–Trinajstić information content (AvgIpc) is 3.32. The Bertz CT molecular complexity index is 1150. The van der Waals surface area contributed by atoms with Gasteiger partial charge in [0, 0.05) is 10.9 Å². The summed E-state index contributed by atoms with van der Waals surface area (Å²) in [5.41, 5.74) is 1.81. The molecule has 2 aromatic carbocycles. The minimum Gasteiger partial charge on any atom is -0.497 e. The Kier molecular flexibility index (Phi) is 5.30. The maximum atomic E-state index is 12.2. The Morgan fingerprint density at radius 3 is 2.72 bits per heavy atom. The molecule has 0 saturated heterocycles. The van der Waals surface area contributed by atoms with Crippen LogP contribution in [-0.4, -0.2) is 41.3 Å². The standard InChI is InChI=1S/C20H18N4O4S/c1-26-14-7-5-6-13(10-14)15-12-29-20-22-19(23-24(15)20)21-18(25)11-28-17-9-4-3-8-16(17)27-2/h3-10,12H,11H2,1-2H3,(H,21,23,25). The molecule has 4 aromatic rings. The smallest absolute Gasteiger partial charge is 0.264 e. The van der Waals surface area contributed by atoms with Crippen molar-refractivity contribution in [2.45, 2.75) is 0 Å². The van der Waals surface area contributed by atoms with Crippen molar-refractivity contribution in [3.63, 3.8) is 0 Å². The number of thiazole rings is 1. The lowest BCUT2D eigenvalue weighted by Gasteiger charge is -2.09. The first-order chi connectivity index (χ1) is 14.2. The number of nitrogens with one attached hydrogen (secondary N) is 1. The highest BCUT2D eigenvalue weighted by atomic mass is 32.1. The number of methoxy groups -OCH3 is 2. The van der Waals surface area contributed by atoms with Crippen LogP contribution in [-0.2, 0) is 4.79 Å². The van der Waals surface area contributed by atoms with Crippen molar-refractivity contribution in [3.05, 3.63) is 53.9 Å². The Hall–Kier alpha value is -3.59. The number of carbonyl (C=O) groups is 1. The normalized spacial score (nSPS) is 10.7. The van der Waals surface area contributed by atoms with E-state index in [0.29, 0.717) is 16.5 Å². The molecular formula is C20H18N4O4S. The summed E-state index contributed by atoms with van der Waals surface area (Å²) in [5, 5.41) is 9.02. The Balaban J connectivity index is 1.47. The van der Waals surface area contributed by atoms with Gasteiger partial charge < -0.3 is 14.2 Å². The number of para-hydroxylation sites is 2. The van der Waals surface area contributed by atoms with E-state index in [1.807, 2.05) is 35.7 Å². The van der Waals surface area contributed by atoms with Crippen molar-refractivity contribution < 1.29 is 19.0 Å². The Morgan fingerprint density at radius 2 is 1.93 bits per heavy atom. The summed E-state index contributed by atoms with van der Waals surface area (Å²) in [6, 6.07) is 14.8. The quantitative estimate of drug-likeness (QED) is 0.502. The summed E-state index contributed by atoms with van der Waals surface area (Å²) >= 11 is 1.43. The largest absolute Gasteiger partial charge is 0.497 e. The number of carbonyl (C=O) groups excluding carboxylic acids is 1. The zero-order chi connectivity index (χ0) is 20.2. The highest BCUT2D eigenvalue weighted by Gasteiger charge is 2.14. The fourth-order valence-corrected chi connectivity index (χ4v) is 3.59. The fourth-order valence-electron chi connectivity index (χ4n) is 2.76. The number of ether oxygens (including phenoxy) is 3. The van der Waals surface area contributed by atoms with Gasteiger partial charge in [-0.15, -0.1) is 16.4 Å². The van der Waals surface area contributed by atoms with Gasteiger partial charge >= 0.3 is 0 Å². The summed E-state index contributed by atoms with van der Waals surface area (Å²) in [4.78, 5) is 17.3. The van der Waals surface area contributed by atoms with Crippen molar-refractivity contribution in [1.29, 1.82) is 0 Å². The van der Waals surface area contributed by atoms with Gasteiger partial charge in [0.05, 0.1) is 19.9 Å². The molecule has 8 nitrogen and oxygen atoms in total. The molecular weight excluding hydrogens is 392 g/mol. The molecule has 0 aliphatic rings. The number of hydrogen-bond donors (Lipinski definition) is 1. The number of nitrogens with zero attached hydrogens (tertiary/aromatic N) is 3. The summed E-state index contributed by atoms with van der Waals surface area (Å²) < 4.78 is 17.7. The van der Waals surface area contributed by atoms with Crippen LogP contribution in [0.4, 0.5) is 5.95 Å². The molecule has 0 spiro atoms. The molecule has 0 aliphatic carbocycles. The van der Waals surface area contributed by atoms with E-state index in [1.54, 1.807) is 36.9 Å². The van der Waals surface area contributed by atoms with Gasteiger partial charge in [0.1, 0.15) is 5.75 Å². The molecule has 0 unspecified atom stereocenters. The second kappa shape index (κ2) is 8.19. The zero-order valence-electron chi connectivity index (χ0n) is 15.8. The number of benzene rings is 2. The van der Waals surface area contributed by atoms with Crippen LogP contribution < -0.4 is 19.5 Å². The first kappa shape index (κ1) is 18.8. The number of anilines is 1. The first-order valence-corrected chi connectivity index (χ1v) is 9.60. The van der Waals surface area contributed by atoms with Gasteiger partial charge in [-0.2, -0.15) is 4.98 Å². The first-order valence-electron chi connectivity index (χ1n) is 8.72. The summed E-state index contributed by atoms with van der Waals surface area (Å²) in [6.45, 7) is -0.185. The van der Waals surface area contributed by atoms with Crippen LogP contribution in [0.3, 0.4) is 0 Å². The molecule has 0 radical (unpaired) electrons. The summed E-state index contributed by atoms with van der Waals surface area (Å²) in [5.74, 6) is 1.66. The van der Waals surface area contributed by atoms with Crippen molar-refractivity contribution in [1.82, 2.24) is 14.6 Å². The maximum Gasteiger partial charge on any atom is 0.264 e. The molecule has 0 bridgehead atoms. The van der Waals surface area contributed by atoms with Crippen molar-refractivity contribution in [2.24, 2.45) is 0 Å². The van der Waals surface area contributed by atoms with Crippen molar-refractivity contribution >= 4 is 28.2 Å². The second-order valence-electron chi connectivity index (χ2n) is 5.97. The Morgan fingerprint density at radius 1 is 1.10 bits per heavy atom. The third kappa shape index (κ3) is 3.99. The number of aromatic nitrogens is 3. The van der Waals surface area contributed by atoms with E-state index in [4.69, 9.17) is 14.2 Å². The second-order valence-corrected chi connectivity index (χ2v) is 6.81. The summed E-state index contributed by atoms with van der Waals surface area (Å²) in [7, 11) is 3.17. The molecule has 2 heterocycles. The van der Waals surface area contributed by atoms with E-state index in [9.17, 15) is 4.79 Å². The molecule has 4 rings (SSSR count). The van der Waals surface area contributed by atoms with Gasteiger partial charge in [0.2, 0.25) is 4.96 Å². The summed E-state index contributed by atoms with van der Waals surface area (Å²) in [6.07, 6.45) is 0. The molecule has 1 amide bonds. The molecule has 0 fully saturated rings. The number of hydrogen-bond acceptors (Lipinski definition) is 7. The SMILES string of the molecule is COc1cccc(-c2csc3nc(NC(=O)COc4ccccc4OC)nn23)c1. The van der Waals surface area contributed by atoms with Gasteiger partial charge in [-0.05, 0) is 24.3 Å². The van der Waals surface area contributed by atoms with Gasteiger partial charge in [-0.25, -0.2) is 4.52 Å². The molecule has 29 heavy (non-hydrogen) atoms. The van der Waals surface area contributed by atoms with Gasteiger partial charge in [-0.3, -0.25) is 10.1 Å². The molecule has 2 aromatic heterocycles. The number of rotatable bonds is 7. The van der Waals surface area contributed by atoms with Crippen LogP contribution in [0.5, 0.6) is 17.2 Å². The minimum atomic E-state index is -0.364. The zero-order valence-corrected chi connectivity index (χ0v) is 16.6. The number of amides is 1. The third-order valence-corrected chi connectivity index (χ3v) is 4.94. The van der Waals surface area contributed by atoms with E-state index >= 15 is 0 Å². The van der Waals surface area contributed by atoms with E-state index in [0.717, 1.165) is 17.0 Å². The number of fused-ring (bicyclic) bond motifs is 1. The lowest BCUT2D eigenvalue weighted by molar-refractivity contribution is -0.118. The maximum absolute atomic E-state index is 12.2. The van der Waals surface area contributed by atoms with E-state index in [2.05, 4.69) is 15.4 Å². The topological polar surface area (TPSA) is 87.0 Å². The predicted molar refractivity (Wildman–Crippen MR) is 110 cm³/mol. The predicted octanol–water partition coefficient (Wildman–Crippen LogP) is 3.49. The lowest BCUT2D eigenvalue weighted by Crippen LogP contribution is -2.21. The average molecular weight is 410 g/mol. The van der Waals surface area contributed by atoms with Crippen LogP contribution in [0.15, 0.2) is 53.9 Å². The third-order valence-electron chi connectivity index (χ3n) is 4.13. The van der Waals surface area contributed by atoms with E-state index in [-0.39, 0.29) is 18.5 Å². The molecule has 9 heteroatoms. The highest BCUT2D eigenvalue weighted by molar-refractivity contribution is 7.15. The van der Waals surface area contributed by atoms with E-state index in [1.165, 1.54) is 11.3 Å². The molecule has 0 aliphatic heterocycles. The van der Waals surface area contributed by atoms with Crippen LogP contribution in [0.25, 0.3) is 16.2 Å². The van der Waals surface area contributed by atoms with Gasteiger partial charge in [0.25, 0.3) is 11.9 Å².